The summed E-state index contributed by atoms with van der Waals surface area (Å²) >= 11 is 0. The van der Waals surface area contributed by atoms with Gasteiger partial charge in [-0.3, -0.25) is 11.3 Å². The second-order valence-electron chi connectivity index (χ2n) is 2.29. The van der Waals surface area contributed by atoms with Crippen molar-refractivity contribution >= 4 is 0 Å². The van der Waals surface area contributed by atoms with Gasteiger partial charge in [0, 0.05) is 13.2 Å². The van der Waals surface area contributed by atoms with E-state index in [1.54, 1.807) is 13.2 Å². The first kappa shape index (κ1) is 9.62. The van der Waals surface area contributed by atoms with Gasteiger partial charge >= 0.3 is 0 Å². The van der Waals surface area contributed by atoms with Crippen LogP contribution >= 0.6 is 0 Å². The molecule has 0 amide bonds. The predicted molar refractivity (Wildman–Crippen MR) is 42.4 cm³/mol. The molecule has 0 aliphatic rings. The molecule has 0 heterocycles. The highest BCUT2D eigenvalue weighted by atomic mass is 16.5. The van der Waals surface area contributed by atoms with Gasteiger partial charge in [-0.2, -0.15) is 0 Å². The van der Waals surface area contributed by atoms with Crippen molar-refractivity contribution in [1.82, 2.24) is 5.43 Å². The molecular weight excluding hydrogens is 128 g/mol. The van der Waals surface area contributed by atoms with Crippen molar-refractivity contribution in [3.05, 3.63) is 12.7 Å². The molecule has 0 aliphatic carbocycles. The van der Waals surface area contributed by atoms with Gasteiger partial charge in [-0.05, 0) is 13.3 Å². The Bertz CT molecular complexity index is 95.6. The summed E-state index contributed by atoms with van der Waals surface area (Å²) in [5.74, 6) is 5.21. The summed E-state index contributed by atoms with van der Waals surface area (Å²) in [6.07, 6.45) is 2.85. The van der Waals surface area contributed by atoms with E-state index in [0.29, 0.717) is 0 Å². The Kier molecular flexibility index (Phi) is 5.20. The van der Waals surface area contributed by atoms with E-state index in [1.165, 1.54) is 0 Å². The molecule has 0 aromatic carbocycles. The molecule has 0 fully saturated rings. The van der Waals surface area contributed by atoms with Gasteiger partial charge in [0.15, 0.2) is 0 Å². The van der Waals surface area contributed by atoms with Crippen LogP contribution in [-0.4, -0.2) is 19.3 Å². The van der Waals surface area contributed by atoms with Gasteiger partial charge in [0.2, 0.25) is 0 Å². The first-order chi connectivity index (χ1) is 4.74. The van der Waals surface area contributed by atoms with Crippen molar-refractivity contribution in [1.29, 1.82) is 0 Å². The standard InChI is InChI=1S/C7H16N2O/c1-4-7(9-8)5-6(2)10-3/h4,6-7,9H,1,5,8H2,2-3H3. The smallest absolute Gasteiger partial charge is 0.0561 e. The SMILES string of the molecule is C=CC(CC(C)OC)NN. The van der Waals surface area contributed by atoms with E-state index in [-0.39, 0.29) is 12.1 Å². The quantitative estimate of drug-likeness (QED) is 0.334. The van der Waals surface area contributed by atoms with Gasteiger partial charge in [0.05, 0.1) is 6.10 Å². The largest absolute Gasteiger partial charge is 0.382 e. The molecule has 3 nitrogen and oxygen atoms in total. The number of nitrogens with one attached hydrogen (secondary N) is 1. The molecule has 0 aliphatic heterocycles. The third kappa shape index (κ3) is 3.61. The van der Waals surface area contributed by atoms with Crippen molar-refractivity contribution in [3.63, 3.8) is 0 Å². The van der Waals surface area contributed by atoms with Crippen molar-refractivity contribution in [3.8, 4) is 0 Å². The van der Waals surface area contributed by atoms with Crippen LogP contribution in [0.2, 0.25) is 0 Å². The minimum atomic E-state index is 0.148. The summed E-state index contributed by atoms with van der Waals surface area (Å²) in [4.78, 5) is 0. The molecule has 0 saturated heterocycles. The minimum Gasteiger partial charge on any atom is -0.382 e. The van der Waals surface area contributed by atoms with Crippen LogP contribution in [0.5, 0.6) is 0 Å². The fraction of sp³-hybridized carbons (Fsp3) is 0.714. The van der Waals surface area contributed by atoms with Gasteiger partial charge in [-0.15, -0.1) is 6.58 Å². The zero-order valence-electron chi connectivity index (χ0n) is 6.63. The lowest BCUT2D eigenvalue weighted by Gasteiger charge is -2.15. The molecule has 2 unspecified atom stereocenters. The van der Waals surface area contributed by atoms with Crippen LogP contribution in [0.25, 0.3) is 0 Å². The predicted octanol–water partition coefficient (Wildman–Crippen LogP) is 0.429. The Labute approximate surface area is 62.2 Å². The van der Waals surface area contributed by atoms with Gasteiger partial charge < -0.3 is 4.74 Å². The maximum absolute atomic E-state index is 5.21. The molecule has 0 radical (unpaired) electrons. The first-order valence-corrected chi connectivity index (χ1v) is 3.36. The zero-order chi connectivity index (χ0) is 7.98. The van der Waals surface area contributed by atoms with Gasteiger partial charge in [-0.1, -0.05) is 6.08 Å². The highest BCUT2D eigenvalue weighted by Crippen LogP contribution is 2.00. The van der Waals surface area contributed by atoms with Crippen molar-refractivity contribution in [2.75, 3.05) is 7.11 Å². The van der Waals surface area contributed by atoms with Crippen molar-refractivity contribution in [2.45, 2.75) is 25.5 Å². The fourth-order valence-corrected chi connectivity index (χ4v) is 0.686. The van der Waals surface area contributed by atoms with E-state index < -0.39 is 0 Å². The number of ether oxygens (including phenoxy) is 1. The zero-order valence-corrected chi connectivity index (χ0v) is 6.63. The molecule has 0 rings (SSSR count). The van der Waals surface area contributed by atoms with Gasteiger partial charge in [0.1, 0.15) is 0 Å². The second-order valence-corrected chi connectivity index (χ2v) is 2.29. The summed E-state index contributed by atoms with van der Waals surface area (Å²) in [5, 5.41) is 0. The average molecular weight is 144 g/mol. The lowest BCUT2D eigenvalue weighted by molar-refractivity contribution is 0.105. The summed E-state index contributed by atoms with van der Waals surface area (Å²) in [6.45, 7) is 5.62. The van der Waals surface area contributed by atoms with Crippen LogP contribution in [-0.2, 0) is 4.74 Å². The molecule has 60 valence electrons. The third-order valence-corrected chi connectivity index (χ3v) is 1.49. The lowest BCUT2D eigenvalue weighted by atomic mass is 10.1. The van der Waals surface area contributed by atoms with Crippen molar-refractivity contribution < 1.29 is 4.74 Å². The maximum Gasteiger partial charge on any atom is 0.0561 e. The summed E-state index contributed by atoms with van der Waals surface area (Å²) in [5.41, 5.74) is 2.62. The van der Waals surface area contributed by atoms with E-state index in [9.17, 15) is 0 Å². The molecule has 3 heteroatoms. The average Bonchev–Trinajstić information content (AvgIpc) is 1.99. The number of hydrogen-bond acceptors (Lipinski definition) is 3. The number of hydrazine groups is 1. The van der Waals surface area contributed by atoms with E-state index >= 15 is 0 Å². The highest BCUT2D eigenvalue weighted by Gasteiger charge is 2.06. The number of hydrogen-bond donors (Lipinski definition) is 2. The van der Waals surface area contributed by atoms with Crippen LogP contribution in [0.3, 0.4) is 0 Å². The Morgan fingerprint density at radius 3 is 2.70 bits per heavy atom. The minimum absolute atomic E-state index is 0.148. The topological polar surface area (TPSA) is 47.3 Å². The van der Waals surface area contributed by atoms with Gasteiger partial charge in [-0.25, -0.2) is 0 Å². The summed E-state index contributed by atoms with van der Waals surface area (Å²) < 4.78 is 5.04. The molecule has 2 atom stereocenters. The maximum atomic E-state index is 5.21. The Hall–Kier alpha value is -0.380. The highest BCUT2D eigenvalue weighted by molar-refractivity contribution is 4.84. The molecule has 0 aromatic heterocycles. The van der Waals surface area contributed by atoms with Crippen LogP contribution in [0.4, 0.5) is 0 Å². The first-order valence-electron chi connectivity index (χ1n) is 3.36. The van der Waals surface area contributed by atoms with Crippen LogP contribution < -0.4 is 11.3 Å². The third-order valence-electron chi connectivity index (χ3n) is 1.49. The molecule has 0 saturated carbocycles. The normalized spacial score (nSPS) is 16.3. The Morgan fingerprint density at radius 1 is 1.80 bits per heavy atom. The van der Waals surface area contributed by atoms with Crippen LogP contribution in [0, 0.1) is 0 Å². The molecule has 0 aromatic rings. The second kappa shape index (κ2) is 5.41. The number of nitrogens with two attached hydrogens (primary N) is 1. The van der Waals surface area contributed by atoms with Crippen molar-refractivity contribution in [2.24, 2.45) is 5.84 Å². The fourth-order valence-electron chi connectivity index (χ4n) is 0.686. The molecular formula is C7H16N2O. The molecule has 10 heavy (non-hydrogen) atoms. The lowest BCUT2D eigenvalue weighted by Crippen LogP contribution is -2.35. The summed E-state index contributed by atoms with van der Waals surface area (Å²) in [6, 6.07) is 0.148. The van der Waals surface area contributed by atoms with E-state index in [0.717, 1.165) is 6.42 Å². The number of methoxy groups -OCH3 is 1. The monoisotopic (exact) mass is 144 g/mol. The Balaban J connectivity index is 3.51. The van der Waals surface area contributed by atoms with E-state index in [4.69, 9.17) is 10.6 Å². The molecule has 3 N–H and O–H groups in total. The molecule has 0 bridgehead atoms. The van der Waals surface area contributed by atoms with E-state index in [1.807, 2.05) is 6.92 Å². The molecule has 0 spiro atoms. The summed E-state index contributed by atoms with van der Waals surface area (Å²) in [7, 11) is 1.68. The Morgan fingerprint density at radius 2 is 2.40 bits per heavy atom. The number of rotatable bonds is 5. The van der Waals surface area contributed by atoms with Crippen LogP contribution in [0.1, 0.15) is 13.3 Å². The van der Waals surface area contributed by atoms with Crippen LogP contribution in [0.15, 0.2) is 12.7 Å². The van der Waals surface area contributed by atoms with E-state index in [2.05, 4.69) is 12.0 Å². The van der Waals surface area contributed by atoms with Gasteiger partial charge in [0.25, 0.3) is 0 Å².